The fraction of sp³-hybridized carbons (Fsp3) is 0.727. The number of rotatable bonds is 7. The largest absolute Gasteiger partial charge is 0.466 e. The van der Waals surface area contributed by atoms with Crippen molar-refractivity contribution in [1.82, 2.24) is 0 Å². The maximum absolute atomic E-state index is 11.0. The van der Waals surface area contributed by atoms with Gasteiger partial charge in [0.1, 0.15) is 0 Å². The average molecular weight is 216 g/mol. The minimum atomic E-state index is -0.323. The van der Waals surface area contributed by atoms with E-state index in [0.29, 0.717) is 25.4 Å². The van der Waals surface area contributed by atoms with Crippen LogP contribution in [0.25, 0.3) is 0 Å². The van der Waals surface area contributed by atoms with Crippen LogP contribution in [0.3, 0.4) is 0 Å². The topological polar surface area (TPSA) is 44.8 Å². The zero-order valence-electron chi connectivity index (χ0n) is 9.91. The van der Waals surface area contributed by atoms with Crippen LogP contribution in [0.2, 0.25) is 0 Å². The van der Waals surface area contributed by atoms with Crippen molar-refractivity contribution in [2.24, 2.45) is 0 Å². The van der Waals surface area contributed by atoms with E-state index in [-0.39, 0.29) is 12.1 Å². The van der Waals surface area contributed by atoms with Crippen LogP contribution < -0.4 is 0 Å². The molecule has 88 valence electrons. The Morgan fingerprint density at radius 3 is 2.67 bits per heavy atom. The van der Waals surface area contributed by atoms with Gasteiger partial charge in [0.2, 0.25) is 0 Å². The SMILES string of the molecule is CCOCC(C)OC/C=C(/C)C(=O)OC. The zero-order chi connectivity index (χ0) is 11.7. The molecule has 0 aliphatic heterocycles. The third-order valence-electron chi connectivity index (χ3n) is 1.83. The summed E-state index contributed by atoms with van der Waals surface area (Å²) in [6, 6.07) is 0. The van der Waals surface area contributed by atoms with Gasteiger partial charge in [-0.2, -0.15) is 0 Å². The molecule has 0 aromatic heterocycles. The second kappa shape index (κ2) is 8.44. The molecule has 0 heterocycles. The summed E-state index contributed by atoms with van der Waals surface area (Å²) in [4.78, 5) is 11.0. The van der Waals surface area contributed by atoms with Crippen molar-refractivity contribution in [3.8, 4) is 0 Å². The first-order valence-corrected chi connectivity index (χ1v) is 5.06. The summed E-state index contributed by atoms with van der Waals surface area (Å²) in [6.45, 7) is 7.22. The smallest absolute Gasteiger partial charge is 0.333 e. The lowest BCUT2D eigenvalue weighted by molar-refractivity contribution is -0.136. The molecule has 0 amide bonds. The van der Waals surface area contributed by atoms with Gasteiger partial charge in [-0.05, 0) is 26.8 Å². The van der Waals surface area contributed by atoms with Gasteiger partial charge in [0.25, 0.3) is 0 Å². The molecular formula is C11H20O4. The van der Waals surface area contributed by atoms with Crippen LogP contribution in [-0.2, 0) is 19.0 Å². The molecular weight excluding hydrogens is 196 g/mol. The zero-order valence-corrected chi connectivity index (χ0v) is 9.91. The van der Waals surface area contributed by atoms with Gasteiger partial charge < -0.3 is 14.2 Å². The Morgan fingerprint density at radius 2 is 2.13 bits per heavy atom. The van der Waals surface area contributed by atoms with Crippen LogP contribution >= 0.6 is 0 Å². The summed E-state index contributed by atoms with van der Waals surface area (Å²) in [6.07, 6.45) is 1.74. The van der Waals surface area contributed by atoms with Crippen molar-refractivity contribution >= 4 is 5.97 Å². The van der Waals surface area contributed by atoms with Gasteiger partial charge in [-0.25, -0.2) is 4.79 Å². The van der Waals surface area contributed by atoms with E-state index in [4.69, 9.17) is 9.47 Å². The number of esters is 1. The third-order valence-corrected chi connectivity index (χ3v) is 1.83. The minimum absolute atomic E-state index is 0.0339. The summed E-state index contributed by atoms with van der Waals surface area (Å²) in [5.74, 6) is -0.323. The first-order chi connectivity index (χ1) is 7.11. The Hall–Kier alpha value is -0.870. The highest BCUT2D eigenvalue weighted by Gasteiger charge is 2.03. The van der Waals surface area contributed by atoms with Crippen molar-refractivity contribution in [3.05, 3.63) is 11.6 Å². The van der Waals surface area contributed by atoms with Crippen LogP contribution in [0.1, 0.15) is 20.8 Å². The predicted octanol–water partition coefficient (Wildman–Crippen LogP) is 1.55. The van der Waals surface area contributed by atoms with Gasteiger partial charge >= 0.3 is 5.97 Å². The number of methoxy groups -OCH3 is 1. The molecule has 0 saturated carbocycles. The van der Waals surface area contributed by atoms with E-state index in [1.54, 1.807) is 13.0 Å². The normalized spacial score (nSPS) is 13.7. The first kappa shape index (κ1) is 14.1. The molecule has 0 spiro atoms. The predicted molar refractivity (Wildman–Crippen MR) is 57.7 cm³/mol. The fourth-order valence-electron chi connectivity index (χ4n) is 0.914. The lowest BCUT2D eigenvalue weighted by atomic mass is 10.3. The molecule has 0 rings (SSSR count). The summed E-state index contributed by atoms with van der Waals surface area (Å²) < 4.78 is 15.1. The van der Waals surface area contributed by atoms with Crippen molar-refractivity contribution < 1.29 is 19.0 Å². The Morgan fingerprint density at radius 1 is 1.47 bits per heavy atom. The molecule has 15 heavy (non-hydrogen) atoms. The summed E-state index contributed by atoms with van der Waals surface area (Å²) in [5.41, 5.74) is 0.557. The highest BCUT2D eigenvalue weighted by Crippen LogP contribution is 1.98. The first-order valence-electron chi connectivity index (χ1n) is 5.06. The van der Waals surface area contributed by atoms with Crippen molar-refractivity contribution in [3.63, 3.8) is 0 Å². The fourth-order valence-corrected chi connectivity index (χ4v) is 0.914. The van der Waals surface area contributed by atoms with E-state index in [1.165, 1.54) is 7.11 Å². The molecule has 4 heteroatoms. The molecule has 0 radical (unpaired) electrons. The summed E-state index contributed by atoms with van der Waals surface area (Å²) in [7, 11) is 1.36. The molecule has 1 atom stereocenters. The number of hydrogen-bond acceptors (Lipinski definition) is 4. The Bertz CT molecular complexity index is 211. The van der Waals surface area contributed by atoms with E-state index >= 15 is 0 Å². The molecule has 0 aromatic rings. The second-order valence-corrected chi connectivity index (χ2v) is 3.18. The van der Waals surface area contributed by atoms with Gasteiger partial charge in [-0.15, -0.1) is 0 Å². The molecule has 0 bridgehead atoms. The standard InChI is InChI=1S/C11H20O4/c1-5-14-8-10(3)15-7-6-9(2)11(12)13-4/h6,10H,5,7-8H2,1-4H3/b9-6-. The molecule has 0 fully saturated rings. The highest BCUT2D eigenvalue weighted by molar-refractivity contribution is 5.87. The van der Waals surface area contributed by atoms with Gasteiger partial charge in [0.15, 0.2) is 0 Å². The maximum Gasteiger partial charge on any atom is 0.333 e. The third kappa shape index (κ3) is 7.11. The lowest BCUT2D eigenvalue weighted by Crippen LogP contribution is -2.16. The quantitative estimate of drug-likeness (QED) is 0.478. The Balaban J connectivity index is 3.71. The van der Waals surface area contributed by atoms with Crippen molar-refractivity contribution in [2.75, 3.05) is 26.9 Å². The van der Waals surface area contributed by atoms with Crippen LogP contribution in [0, 0.1) is 0 Å². The van der Waals surface area contributed by atoms with E-state index in [1.807, 2.05) is 13.8 Å². The molecule has 0 aliphatic rings. The average Bonchev–Trinajstić information content (AvgIpc) is 2.24. The molecule has 0 aromatic carbocycles. The Kier molecular flexibility index (Phi) is 7.95. The molecule has 4 nitrogen and oxygen atoms in total. The molecule has 0 N–H and O–H groups in total. The van der Waals surface area contributed by atoms with Gasteiger partial charge in [-0.1, -0.05) is 0 Å². The van der Waals surface area contributed by atoms with Crippen LogP contribution in [0.4, 0.5) is 0 Å². The van der Waals surface area contributed by atoms with E-state index < -0.39 is 0 Å². The number of carbonyl (C=O) groups excluding carboxylic acids is 1. The van der Waals surface area contributed by atoms with E-state index in [2.05, 4.69) is 4.74 Å². The molecule has 0 saturated heterocycles. The van der Waals surface area contributed by atoms with Crippen molar-refractivity contribution in [2.45, 2.75) is 26.9 Å². The number of ether oxygens (including phenoxy) is 3. The Labute approximate surface area is 91.2 Å². The number of hydrogen-bond donors (Lipinski definition) is 0. The highest BCUT2D eigenvalue weighted by atomic mass is 16.5. The number of carbonyl (C=O) groups is 1. The van der Waals surface area contributed by atoms with E-state index in [9.17, 15) is 4.79 Å². The monoisotopic (exact) mass is 216 g/mol. The van der Waals surface area contributed by atoms with Crippen molar-refractivity contribution in [1.29, 1.82) is 0 Å². The van der Waals surface area contributed by atoms with Gasteiger partial charge in [0, 0.05) is 12.2 Å². The van der Waals surface area contributed by atoms with Crippen LogP contribution in [0.5, 0.6) is 0 Å². The van der Waals surface area contributed by atoms with E-state index in [0.717, 1.165) is 0 Å². The van der Waals surface area contributed by atoms with Gasteiger partial charge in [-0.3, -0.25) is 0 Å². The summed E-state index contributed by atoms with van der Waals surface area (Å²) in [5, 5.41) is 0. The van der Waals surface area contributed by atoms with Crippen LogP contribution in [-0.4, -0.2) is 39.0 Å². The second-order valence-electron chi connectivity index (χ2n) is 3.18. The van der Waals surface area contributed by atoms with Crippen LogP contribution in [0.15, 0.2) is 11.6 Å². The van der Waals surface area contributed by atoms with Gasteiger partial charge in [0.05, 0.1) is 26.4 Å². The maximum atomic E-state index is 11.0. The minimum Gasteiger partial charge on any atom is -0.466 e. The molecule has 1 unspecified atom stereocenters. The summed E-state index contributed by atoms with van der Waals surface area (Å²) >= 11 is 0. The lowest BCUT2D eigenvalue weighted by Gasteiger charge is -2.11. The molecule has 0 aliphatic carbocycles.